The van der Waals surface area contributed by atoms with Gasteiger partial charge in [-0.2, -0.15) is 0 Å². The first kappa shape index (κ1) is 17.9. The largest absolute Gasteiger partial charge is 0.489 e. The molecule has 3 aliphatic rings. The Bertz CT molecular complexity index is 674. The molecule has 25 heavy (non-hydrogen) atoms. The summed E-state index contributed by atoms with van der Waals surface area (Å²) in [7, 11) is 0. The van der Waals surface area contributed by atoms with Crippen molar-refractivity contribution in [3.05, 3.63) is 41.2 Å². The molecule has 0 aromatic heterocycles. The molecular weight excluding hydrogens is 319 g/mol. The molecule has 1 aromatic rings. The second kappa shape index (κ2) is 6.79. The molecule has 136 valence electrons. The third kappa shape index (κ3) is 3.17. The van der Waals surface area contributed by atoms with Crippen LogP contribution in [0.3, 0.4) is 0 Å². The number of benzene rings is 1. The lowest BCUT2D eigenvalue weighted by Crippen LogP contribution is -2.50. The molecule has 4 N–H and O–H groups in total. The van der Waals surface area contributed by atoms with Gasteiger partial charge in [0.1, 0.15) is 12.4 Å². The van der Waals surface area contributed by atoms with E-state index in [-0.39, 0.29) is 29.9 Å². The van der Waals surface area contributed by atoms with Gasteiger partial charge in [-0.3, -0.25) is 4.79 Å². The fourth-order valence-corrected chi connectivity index (χ4v) is 4.43. The summed E-state index contributed by atoms with van der Waals surface area (Å²) in [6, 6.07) is 6.27. The number of aryl methyl sites for hydroxylation is 1. The van der Waals surface area contributed by atoms with Gasteiger partial charge in [0, 0.05) is 17.5 Å². The number of hydrogen-bond donors (Lipinski definition) is 2. The fourth-order valence-electron chi connectivity index (χ4n) is 4.43. The first-order chi connectivity index (χ1) is 11.9. The normalized spacial score (nSPS) is 28.8. The van der Waals surface area contributed by atoms with Crippen LogP contribution in [0.15, 0.2) is 30.1 Å². The molecule has 0 saturated heterocycles. The van der Waals surface area contributed by atoms with Crippen LogP contribution in [0.25, 0.3) is 0 Å². The molecule has 4 rings (SSSR count). The van der Waals surface area contributed by atoms with E-state index in [2.05, 4.69) is 12.1 Å². The summed E-state index contributed by atoms with van der Waals surface area (Å²) in [5.41, 5.74) is 13.8. The van der Waals surface area contributed by atoms with Crippen LogP contribution in [0.2, 0.25) is 0 Å². The van der Waals surface area contributed by atoms with Crippen LogP contribution in [0, 0.1) is 12.3 Å². The van der Waals surface area contributed by atoms with E-state index in [4.69, 9.17) is 16.2 Å². The average molecular weight is 346 g/mol. The highest BCUT2D eigenvalue weighted by Gasteiger charge is 2.52. The van der Waals surface area contributed by atoms with E-state index < -0.39 is 0 Å². The van der Waals surface area contributed by atoms with E-state index in [1.165, 1.54) is 5.56 Å². The molecule has 4 nitrogen and oxygen atoms in total. The van der Waals surface area contributed by atoms with Gasteiger partial charge < -0.3 is 16.2 Å². The van der Waals surface area contributed by atoms with Crippen LogP contribution in [-0.2, 0) is 10.2 Å². The summed E-state index contributed by atoms with van der Waals surface area (Å²) in [6.07, 6.45) is 6.21. The minimum atomic E-state index is -0.267. The summed E-state index contributed by atoms with van der Waals surface area (Å²) >= 11 is 0. The summed E-state index contributed by atoms with van der Waals surface area (Å²) in [5.74, 6) is 0.628. The Labute approximate surface area is 148 Å². The van der Waals surface area contributed by atoms with Crippen LogP contribution in [0.1, 0.15) is 49.7 Å². The van der Waals surface area contributed by atoms with Gasteiger partial charge in [0.05, 0.1) is 6.33 Å². The zero-order valence-corrected chi connectivity index (χ0v) is 14.8. The Morgan fingerprint density at radius 3 is 2.36 bits per heavy atom. The first-order valence-electron chi connectivity index (χ1n) is 8.97. The van der Waals surface area contributed by atoms with E-state index >= 15 is 0 Å². The van der Waals surface area contributed by atoms with E-state index in [1.54, 1.807) is 0 Å². The number of amides is 1. The van der Waals surface area contributed by atoms with Crippen molar-refractivity contribution in [2.24, 2.45) is 16.9 Å². The number of carbonyl (C=O) groups excluding carboxylic acids is 1. The van der Waals surface area contributed by atoms with Gasteiger partial charge in [0.2, 0.25) is 5.91 Å². The molecule has 0 aliphatic heterocycles. The maximum absolute atomic E-state index is 12.6. The van der Waals surface area contributed by atoms with Crippen LogP contribution >= 0.6 is 0 Å². The van der Waals surface area contributed by atoms with E-state index in [0.29, 0.717) is 11.9 Å². The van der Waals surface area contributed by atoms with Crippen molar-refractivity contribution in [1.82, 2.24) is 0 Å². The smallest absolute Gasteiger partial charge is 0.223 e. The number of hydrogen-bond acceptors (Lipinski definition) is 3. The van der Waals surface area contributed by atoms with Crippen molar-refractivity contribution >= 4 is 5.91 Å². The second-order valence-corrected chi connectivity index (χ2v) is 7.67. The average Bonchev–Trinajstić information content (AvgIpc) is 2.65. The second-order valence-electron chi connectivity index (χ2n) is 7.67. The molecule has 0 radical (unpaired) electrons. The lowest BCUT2D eigenvalue weighted by atomic mass is 9.51. The Balaban J connectivity index is 1.75. The standard InChI is InChI=1S/C20H27FN2O2/c1-14-10-16(2-3-17(14)25-13-15(11-21)12-22)19-4-7-20(8-5-19,9-6-19)18(23)24/h2-3,10-11H,4-9,12-13,22H2,1H3,(H2,23,24). The highest BCUT2D eigenvalue weighted by molar-refractivity contribution is 5.81. The van der Waals surface area contributed by atoms with Gasteiger partial charge in [-0.05, 0) is 68.1 Å². The van der Waals surface area contributed by atoms with Crippen molar-refractivity contribution < 1.29 is 13.9 Å². The molecule has 0 heterocycles. The SMILES string of the molecule is Cc1cc(C23CCC(C(N)=O)(CC2)CC3)ccc1OCC(=CF)CN. The number of ether oxygens (including phenoxy) is 1. The lowest BCUT2D eigenvalue weighted by molar-refractivity contribution is -0.134. The maximum atomic E-state index is 12.6. The summed E-state index contributed by atoms with van der Waals surface area (Å²) in [6.45, 7) is 2.33. The van der Waals surface area contributed by atoms with E-state index in [9.17, 15) is 9.18 Å². The Hall–Kier alpha value is -1.88. The highest BCUT2D eigenvalue weighted by Crippen LogP contribution is 2.57. The van der Waals surface area contributed by atoms with Crippen LogP contribution in [-0.4, -0.2) is 19.1 Å². The molecule has 3 aliphatic carbocycles. The first-order valence-corrected chi connectivity index (χ1v) is 8.97. The minimum absolute atomic E-state index is 0.127. The predicted molar refractivity (Wildman–Crippen MR) is 95.9 cm³/mol. The molecule has 5 heteroatoms. The molecule has 1 aromatic carbocycles. The fraction of sp³-hybridized carbons (Fsp3) is 0.550. The van der Waals surface area contributed by atoms with Gasteiger partial charge in [-0.25, -0.2) is 4.39 Å². The Morgan fingerprint density at radius 1 is 1.24 bits per heavy atom. The van der Waals surface area contributed by atoms with Crippen LogP contribution in [0.5, 0.6) is 5.75 Å². The lowest BCUT2D eigenvalue weighted by Gasteiger charge is -2.52. The molecular formula is C20H27FN2O2. The van der Waals surface area contributed by atoms with Crippen molar-refractivity contribution in [3.8, 4) is 5.75 Å². The quantitative estimate of drug-likeness (QED) is 0.830. The van der Waals surface area contributed by atoms with Gasteiger partial charge in [0.25, 0.3) is 0 Å². The monoisotopic (exact) mass is 346 g/mol. The van der Waals surface area contributed by atoms with Crippen molar-refractivity contribution in [3.63, 3.8) is 0 Å². The summed E-state index contributed by atoms with van der Waals surface area (Å²) < 4.78 is 18.3. The Morgan fingerprint density at radius 2 is 1.88 bits per heavy atom. The molecule has 3 saturated carbocycles. The third-order valence-corrected chi connectivity index (χ3v) is 6.39. The summed E-state index contributed by atoms with van der Waals surface area (Å²) in [4.78, 5) is 11.8. The molecule has 0 spiro atoms. The Kier molecular flexibility index (Phi) is 4.87. The number of fused-ring (bicyclic) bond motifs is 3. The van der Waals surface area contributed by atoms with E-state index in [0.717, 1.165) is 49.8 Å². The molecule has 2 bridgehead atoms. The topological polar surface area (TPSA) is 78.3 Å². The molecule has 3 fully saturated rings. The van der Waals surface area contributed by atoms with Gasteiger partial charge in [-0.1, -0.05) is 12.1 Å². The zero-order chi connectivity index (χ0) is 18.1. The number of rotatable bonds is 6. The zero-order valence-electron chi connectivity index (χ0n) is 14.8. The minimum Gasteiger partial charge on any atom is -0.489 e. The highest BCUT2D eigenvalue weighted by atomic mass is 19.1. The van der Waals surface area contributed by atoms with Crippen molar-refractivity contribution in [1.29, 1.82) is 0 Å². The van der Waals surface area contributed by atoms with Crippen molar-refractivity contribution in [2.45, 2.75) is 50.9 Å². The number of primary amides is 1. The number of carbonyl (C=O) groups is 1. The predicted octanol–water partition coefficient (Wildman–Crippen LogP) is 3.26. The molecule has 0 atom stereocenters. The molecule has 1 amide bonds. The van der Waals surface area contributed by atoms with Crippen LogP contribution in [0.4, 0.5) is 4.39 Å². The number of nitrogens with two attached hydrogens (primary N) is 2. The van der Waals surface area contributed by atoms with Crippen LogP contribution < -0.4 is 16.2 Å². The van der Waals surface area contributed by atoms with Gasteiger partial charge >= 0.3 is 0 Å². The third-order valence-electron chi connectivity index (χ3n) is 6.39. The molecule has 0 unspecified atom stereocenters. The number of halogens is 1. The van der Waals surface area contributed by atoms with E-state index in [1.807, 2.05) is 13.0 Å². The summed E-state index contributed by atoms with van der Waals surface area (Å²) in [5, 5.41) is 0. The maximum Gasteiger partial charge on any atom is 0.223 e. The van der Waals surface area contributed by atoms with Gasteiger partial charge in [0.15, 0.2) is 0 Å². The van der Waals surface area contributed by atoms with Crippen molar-refractivity contribution in [2.75, 3.05) is 13.2 Å². The van der Waals surface area contributed by atoms with Gasteiger partial charge in [-0.15, -0.1) is 0 Å².